The highest BCUT2D eigenvalue weighted by Gasteiger charge is 2.47. The summed E-state index contributed by atoms with van der Waals surface area (Å²) in [5.74, 6) is -1.61. The number of rotatable bonds is 6. The Hall–Kier alpha value is -1.66. The number of hydrogen-bond acceptors (Lipinski definition) is 3. The summed E-state index contributed by atoms with van der Waals surface area (Å²) in [5, 5.41) is 5.27. The second-order valence-corrected chi connectivity index (χ2v) is 5.26. The Labute approximate surface area is 126 Å². The van der Waals surface area contributed by atoms with Gasteiger partial charge in [0.2, 0.25) is 11.8 Å². The summed E-state index contributed by atoms with van der Waals surface area (Å²) in [5.41, 5.74) is 0.414. The first kappa shape index (κ1) is 15.7. The number of carbonyl (C=O) groups excluding carboxylic acids is 2. The number of carbonyl (C=O) groups is 2. The van der Waals surface area contributed by atoms with Gasteiger partial charge in [-0.3, -0.25) is 9.59 Å². The molecule has 1 aliphatic carbocycles. The zero-order valence-corrected chi connectivity index (χ0v) is 12.2. The second-order valence-electron chi connectivity index (χ2n) is 4.85. The zero-order valence-electron chi connectivity index (χ0n) is 11.5. The molecule has 1 fully saturated rings. The Kier molecular flexibility index (Phi) is 5.14. The highest BCUT2D eigenvalue weighted by Crippen LogP contribution is 2.39. The van der Waals surface area contributed by atoms with Gasteiger partial charge in [0.25, 0.3) is 0 Å². The summed E-state index contributed by atoms with van der Waals surface area (Å²) in [4.78, 5) is 23.7. The van der Waals surface area contributed by atoms with Gasteiger partial charge in [0.1, 0.15) is 5.82 Å². The van der Waals surface area contributed by atoms with E-state index in [2.05, 4.69) is 10.6 Å². The molecule has 0 spiro atoms. The molecule has 2 N–H and O–H groups in total. The third-order valence-electron chi connectivity index (χ3n) is 3.26. The minimum atomic E-state index is -0.545. The number of nitrogens with one attached hydrogen (secondary N) is 2. The Bertz CT molecular complexity index is 553. The summed E-state index contributed by atoms with van der Waals surface area (Å²) in [6.07, 6.45) is 0.513. The molecule has 0 aromatic heterocycles. The molecule has 5 nitrogen and oxygen atoms in total. The predicted molar refractivity (Wildman–Crippen MR) is 76.5 cm³/mol. The van der Waals surface area contributed by atoms with Crippen LogP contribution < -0.4 is 10.6 Å². The molecule has 0 aliphatic heterocycles. The fourth-order valence-electron chi connectivity index (χ4n) is 1.99. The molecule has 7 heteroatoms. The van der Waals surface area contributed by atoms with Gasteiger partial charge in [0, 0.05) is 19.3 Å². The van der Waals surface area contributed by atoms with Crippen LogP contribution in [-0.2, 0) is 14.3 Å². The van der Waals surface area contributed by atoms with Crippen LogP contribution in [0.15, 0.2) is 18.2 Å². The van der Waals surface area contributed by atoms with E-state index in [9.17, 15) is 14.0 Å². The number of methoxy groups -OCH3 is 1. The van der Waals surface area contributed by atoms with Crippen molar-refractivity contribution in [3.63, 3.8) is 0 Å². The average molecular weight is 315 g/mol. The van der Waals surface area contributed by atoms with Gasteiger partial charge in [-0.25, -0.2) is 4.39 Å². The summed E-state index contributed by atoms with van der Waals surface area (Å²) in [7, 11) is 1.55. The maximum atomic E-state index is 13.0. The number of halogens is 2. The maximum Gasteiger partial charge on any atom is 0.228 e. The van der Waals surface area contributed by atoms with Crippen molar-refractivity contribution in [2.45, 2.75) is 6.42 Å². The number of anilines is 1. The minimum absolute atomic E-state index is 0.0579. The van der Waals surface area contributed by atoms with E-state index in [0.29, 0.717) is 25.3 Å². The van der Waals surface area contributed by atoms with Gasteiger partial charge in [-0.05, 0) is 24.6 Å². The van der Waals surface area contributed by atoms with Crippen molar-refractivity contribution in [2.24, 2.45) is 11.8 Å². The molecular weight excluding hydrogens is 299 g/mol. The molecule has 2 amide bonds. The summed E-state index contributed by atoms with van der Waals surface area (Å²) >= 11 is 5.64. The van der Waals surface area contributed by atoms with Crippen molar-refractivity contribution < 1.29 is 18.7 Å². The average Bonchev–Trinajstić information content (AvgIpc) is 3.23. The highest BCUT2D eigenvalue weighted by molar-refractivity contribution is 6.31. The van der Waals surface area contributed by atoms with Gasteiger partial charge >= 0.3 is 0 Å². The molecule has 2 unspecified atom stereocenters. The molecule has 21 heavy (non-hydrogen) atoms. The lowest BCUT2D eigenvalue weighted by atomic mass is 10.2. The van der Waals surface area contributed by atoms with Crippen molar-refractivity contribution in [1.82, 2.24) is 5.32 Å². The lowest BCUT2D eigenvalue weighted by Gasteiger charge is -2.06. The van der Waals surface area contributed by atoms with E-state index in [1.165, 1.54) is 18.2 Å². The lowest BCUT2D eigenvalue weighted by molar-refractivity contribution is -0.125. The SMILES string of the molecule is COCCNC(=O)C1CC1C(=O)Nc1ccc(F)c(Cl)c1. The van der Waals surface area contributed by atoms with Crippen LogP contribution >= 0.6 is 11.6 Å². The largest absolute Gasteiger partial charge is 0.383 e. The highest BCUT2D eigenvalue weighted by atomic mass is 35.5. The lowest BCUT2D eigenvalue weighted by Crippen LogP contribution is -2.30. The predicted octanol–water partition coefficient (Wildman–Crippen LogP) is 1.82. The van der Waals surface area contributed by atoms with Crippen molar-refractivity contribution in [2.75, 3.05) is 25.6 Å². The van der Waals surface area contributed by atoms with Crippen LogP contribution in [-0.4, -0.2) is 32.1 Å². The van der Waals surface area contributed by atoms with E-state index >= 15 is 0 Å². The number of benzene rings is 1. The van der Waals surface area contributed by atoms with Crippen LogP contribution in [0.3, 0.4) is 0 Å². The van der Waals surface area contributed by atoms with Gasteiger partial charge in [0.15, 0.2) is 0 Å². The van der Waals surface area contributed by atoms with E-state index < -0.39 is 5.82 Å². The van der Waals surface area contributed by atoms with Crippen LogP contribution in [0.5, 0.6) is 0 Å². The van der Waals surface area contributed by atoms with Crippen molar-refractivity contribution in [3.8, 4) is 0 Å². The Balaban J connectivity index is 1.82. The van der Waals surface area contributed by atoms with Crippen molar-refractivity contribution in [1.29, 1.82) is 0 Å². The fourth-order valence-corrected chi connectivity index (χ4v) is 2.17. The quantitative estimate of drug-likeness (QED) is 0.787. The number of ether oxygens (including phenoxy) is 1. The fraction of sp³-hybridized carbons (Fsp3) is 0.429. The van der Waals surface area contributed by atoms with Crippen LogP contribution in [0, 0.1) is 17.7 Å². The summed E-state index contributed by atoms with van der Waals surface area (Å²) < 4.78 is 17.8. The Morgan fingerprint density at radius 1 is 1.38 bits per heavy atom. The number of amides is 2. The van der Waals surface area contributed by atoms with E-state index in [-0.39, 0.29) is 28.7 Å². The van der Waals surface area contributed by atoms with E-state index in [0.717, 1.165) is 0 Å². The molecule has 0 bridgehead atoms. The maximum absolute atomic E-state index is 13.0. The minimum Gasteiger partial charge on any atom is -0.383 e. The van der Waals surface area contributed by atoms with Gasteiger partial charge < -0.3 is 15.4 Å². The van der Waals surface area contributed by atoms with Gasteiger partial charge in [-0.1, -0.05) is 11.6 Å². The van der Waals surface area contributed by atoms with Gasteiger partial charge in [0.05, 0.1) is 23.5 Å². The first-order chi connectivity index (χ1) is 10.0. The van der Waals surface area contributed by atoms with Crippen molar-refractivity contribution in [3.05, 3.63) is 29.0 Å². The molecule has 2 atom stereocenters. The second kappa shape index (κ2) is 6.87. The van der Waals surface area contributed by atoms with E-state index in [4.69, 9.17) is 16.3 Å². The summed E-state index contributed by atoms with van der Waals surface area (Å²) in [6, 6.07) is 3.94. The van der Waals surface area contributed by atoms with Crippen molar-refractivity contribution >= 4 is 29.1 Å². The zero-order chi connectivity index (χ0) is 15.4. The molecule has 2 rings (SSSR count). The molecule has 1 aromatic rings. The van der Waals surface area contributed by atoms with E-state index in [1.807, 2.05) is 0 Å². The molecule has 114 valence electrons. The molecule has 1 saturated carbocycles. The standard InChI is InChI=1S/C14H16ClFN2O3/c1-21-5-4-17-13(19)9-7-10(9)14(20)18-8-2-3-12(16)11(15)6-8/h2-3,6,9-10H,4-5,7H2,1H3,(H,17,19)(H,18,20). The molecule has 0 heterocycles. The van der Waals surface area contributed by atoms with E-state index in [1.54, 1.807) is 7.11 Å². The molecule has 0 saturated heterocycles. The van der Waals surface area contributed by atoms with Gasteiger partial charge in [-0.15, -0.1) is 0 Å². The normalized spacial score (nSPS) is 20.0. The van der Waals surface area contributed by atoms with Crippen LogP contribution in [0.1, 0.15) is 6.42 Å². The molecule has 1 aliphatic rings. The van der Waals surface area contributed by atoms with Crippen LogP contribution in [0.25, 0.3) is 0 Å². The first-order valence-corrected chi connectivity index (χ1v) is 6.93. The third kappa shape index (κ3) is 4.15. The Morgan fingerprint density at radius 2 is 2.10 bits per heavy atom. The summed E-state index contributed by atoms with van der Waals surface area (Å²) in [6.45, 7) is 0.858. The van der Waals surface area contributed by atoms with Crippen LogP contribution in [0.2, 0.25) is 5.02 Å². The molecular formula is C14H16ClFN2O3. The number of hydrogen-bond donors (Lipinski definition) is 2. The third-order valence-corrected chi connectivity index (χ3v) is 3.55. The van der Waals surface area contributed by atoms with Crippen LogP contribution in [0.4, 0.5) is 10.1 Å². The van der Waals surface area contributed by atoms with Gasteiger partial charge in [-0.2, -0.15) is 0 Å². The molecule has 1 aromatic carbocycles. The monoisotopic (exact) mass is 314 g/mol. The Morgan fingerprint density at radius 3 is 2.76 bits per heavy atom. The molecule has 0 radical (unpaired) electrons. The first-order valence-electron chi connectivity index (χ1n) is 6.55. The topological polar surface area (TPSA) is 67.4 Å². The smallest absolute Gasteiger partial charge is 0.228 e.